The largest absolute Gasteiger partial charge is 0.508 e. The van der Waals surface area contributed by atoms with Gasteiger partial charge in [-0.2, -0.15) is 0 Å². The van der Waals surface area contributed by atoms with Crippen LogP contribution < -0.4 is 0 Å². The molecule has 0 aromatic heterocycles. The van der Waals surface area contributed by atoms with Crippen LogP contribution in [-0.4, -0.2) is 16.0 Å². The lowest BCUT2D eigenvalue weighted by Crippen LogP contribution is -2.01. The number of carbonyl (C=O) groups excluding carboxylic acids is 1. The van der Waals surface area contributed by atoms with Gasteiger partial charge < -0.3 is 10.2 Å². The van der Waals surface area contributed by atoms with Crippen molar-refractivity contribution in [2.75, 3.05) is 0 Å². The first-order chi connectivity index (χ1) is 6.18. The van der Waals surface area contributed by atoms with Crippen LogP contribution in [0.15, 0.2) is 18.2 Å². The Hall–Kier alpha value is -1.51. The summed E-state index contributed by atoms with van der Waals surface area (Å²) < 4.78 is 0. The molecule has 0 bridgehead atoms. The Bertz CT molecular complexity index is 353. The fourth-order valence-electron chi connectivity index (χ4n) is 1.29. The van der Waals surface area contributed by atoms with Gasteiger partial charge in [-0.3, -0.25) is 4.79 Å². The number of hydrogen-bond acceptors (Lipinski definition) is 3. The second-order valence-corrected chi connectivity index (χ2v) is 3.34. The first-order valence-corrected chi connectivity index (χ1v) is 4.24. The highest BCUT2D eigenvalue weighted by Gasteiger charge is 2.31. The van der Waals surface area contributed by atoms with Crippen molar-refractivity contribution in [3.63, 3.8) is 0 Å². The molecule has 0 unspecified atom stereocenters. The molecule has 1 aliphatic carbocycles. The molecule has 0 amide bonds. The van der Waals surface area contributed by atoms with E-state index in [1.165, 1.54) is 18.2 Å². The van der Waals surface area contributed by atoms with Crippen LogP contribution in [0.1, 0.15) is 23.2 Å². The van der Waals surface area contributed by atoms with E-state index in [9.17, 15) is 9.90 Å². The first-order valence-electron chi connectivity index (χ1n) is 4.24. The van der Waals surface area contributed by atoms with E-state index in [2.05, 4.69) is 0 Å². The van der Waals surface area contributed by atoms with Crippen LogP contribution in [0.3, 0.4) is 0 Å². The molecule has 68 valence electrons. The molecule has 13 heavy (non-hydrogen) atoms. The maximum absolute atomic E-state index is 11.5. The lowest BCUT2D eigenvalue weighted by atomic mass is 10.1. The molecule has 0 aliphatic heterocycles. The highest BCUT2D eigenvalue weighted by atomic mass is 16.3. The predicted molar refractivity (Wildman–Crippen MR) is 46.8 cm³/mol. The number of aromatic hydroxyl groups is 2. The van der Waals surface area contributed by atoms with Crippen LogP contribution >= 0.6 is 0 Å². The Labute approximate surface area is 75.6 Å². The van der Waals surface area contributed by atoms with Gasteiger partial charge in [0.25, 0.3) is 0 Å². The second kappa shape index (κ2) is 2.76. The van der Waals surface area contributed by atoms with Crippen molar-refractivity contribution in [3.8, 4) is 11.5 Å². The Balaban J connectivity index is 2.37. The Morgan fingerprint density at radius 2 is 2.00 bits per heavy atom. The molecule has 0 heterocycles. The molecule has 0 radical (unpaired) electrons. The van der Waals surface area contributed by atoms with Crippen LogP contribution in [0.2, 0.25) is 0 Å². The summed E-state index contributed by atoms with van der Waals surface area (Å²) in [5.41, 5.74) is 0.238. The number of Topliss-reactive ketones (excluding diaryl/α,β-unsaturated/α-hetero) is 1. The van der Waals surface area contributed by atoms with Crippen molar-refractivity contribution in [1.29, 1.82) is 0 Å². The van der Waals surface area contributed by atoms with Crippen molar-refractivity contribution in [3.05, 3.63) is 23.8 Å². The van der Waals surface area contributed by atoms with E-state index in [1.807, 2.05) is 0 Å². The number of carbonyl (C=O) groups is 1. The van der Waals surface area contributed by atoms with Crippen LogP contribution in [0, 0.1) is 5.92 Å². The SMILES string of the molecule is O=C(c1cc(O)ccc1O)C1CC1. The molecule has 1 aliphatic rings. The molecule has 1 aromatic carbocycles. The zero-order chi connectivity index (χ0) is 9.42. The van der Waals surface area contributed by atoms with Crippen LogP contribution in [-0.2, 0) is 0 Å². The minimum absolute atomic E-state index is 0.0156. The molecule has 1 fully saturated rings. The van der Waals surface area contributed by atoms with E-state index in [-0.39, 0.29) is 28.8 Å². The highest BCUT2D eigenvalue weighted by molar-refractivity contribution is 6.01. The van der Waals surface area contributed by atoms with Gasteiger partial charge in [0.1, 0.15) is 11.5 Å². The molecule has 2 N–H and O–H groups in total. The lowest BCUT2D eigenvalue weighted by molar-refractivity contribution is 0.0964. The van der Waals surface area contributed by atoms with Gasteiger partial charge in [-0.15, -0.1) is 0 Å². The molecule has 2 rings (SSSR count). The molecule has 3 nitrogen and oxygen atoms in total. The maximum Gasteiger partial charge on any atom is 0.169 e. The van der Waals surface area contributed by atoms with Gasteiger partial charge in [0.15, 0.2) is 5.78 Å². The van der Waals surface area contributed by atoms with Gasteiger partial charge in [0, 0.05) is 5.92 Å². The molecule has 3 heteroatoms. The van der Waals surface area contributed by atoms with Crippen molar-refractivity contribution >= 4 is 5.78 Å². The van der Waals surface area contributed by atoms with E-state index in [4.69, 9.17) is 5.11 Å². The smallest absolute Gasteiger partial charge is 0.169 e. The summed E-state index contributed by atoms with van der Waals surface area (Å²) in [7, 11) is 0. The first kappa shape index (κ1) is 8.10. The van der Waals surface area contributed by atoms with Crippen molar-refractivity contribution in [2.24, 2.45) is 5.92 Å². The third-order valence-electron chi connectivity index (χ3n) is 2.19. The minimum Gasteiger partial charge on any atom is -0.508 e. The van der Waals surface area contributed by atoms with Crippen LogP contribution in [0.25, 0.3) is 0 Å². The Morgan fingerprint density at radius 1 is 1.31 bits per heavy atom. The predicted octanol–water partition coefficient (Wildman–Crippen LogP) is 1.69. The van der Waals surface area contributed by atoms with Gasteiger partial charge in [0.2, 0.25) is 0 Å². The minimum atomic E-state index is -0.0617. The molecular formula is C10H10O3. The van der Waals surface area contributed by atoms with Gasteiger partial charge in [-0.1, -0.05) is 0 Å². The normalized spacial score (nSPS) is 15.7. The lowest BCUT2D eigenvalue weighted by Gasteiger charge is -2.02. The number of benzene rings is 1. The Morgan fingerprint density at radius 3 is 2.62 bits per heavy atom. The number of phenolic OH excluding ortho intramolecular Hbond substituents is 2. The Kier molecular flexibility index (Phi) is 1.72. The number of hydrogen-bond donors (Lipinski definition) is 2. The molecule has 1 aromatic rings. The summed E-state index contributed by atoms with van der Waals surface area (Å²) in [4.78, 5) is 11.5. The van der Waals surface area contributed by atoms with E-state index in [0.29, 0.717) is 0 Å². The summed E-state index contributed by atoms with van der Waals surface area (Å²) in [5, 5.41) is 18.5. The second-order valence-electron chi connectivity index (χ2n) is 3.34. The van der Waals surface area contributed by atoms with Crippen LogP contribution in [0.4, 0.5) is 0 Å². The molecule has 0 saturated heterocycles. The van der Waals surface area contributed by atoms with Crippen molar-refractivity contribution < 1.29 is 15.0 Å². The van der Waals surface area contributed by atoms with E-state index < -0.39 is 0 Å². The number of ketones is 1. The quantitative estimate of drug-likeness (QED) is 0.535. The zero-order valence-electron chi connectivity index (χ0n) is 7.03. The van der Waals surface area contributed by atoms with E-state index in [1.54, 1.807) is 0 Å². The van der Waals surface area contributed by atoms with Gasteiger partial charge >= 0.3 is 0 Å². The van der Waals surface area contributed by atoms with Crippen molar-refractivity contribution in [1.82, 2.24) is 0 Å². The van der Waals surface area contributed by atoms with Crippen LogP contribution in [0.5, 0.6) is 11.5 Å². The zero-order valence-corrected chi connectivity index (χ0v) is 7.03. The number of rotatable bonds is 2. The average Bonchev–Trinajstić information content (AvgIpc) is 2.91. The van der Waals surface area contributed by atoms with Gasteiger partial charge in [0.05, 0.1) is 5.56 Å². The maximum atomic E-state index is 11.5. The summed E-state index contributed by atoms with van der Waals surface area (Å²) in [5.74, 6) is -0.0300. The third kappa shape index (κ3) is 1.49. The average molecular weight is 178 g/mol. The monoisotopic (exact) mass is 178 g/mol. The topological polar surface area (TPSA) is 57.5 Å². The summed E-state index contributed by atoms with van der Waals surface area (Å²) >= 11 is 0. The van der Waals surface area contributed by atoms with E-state index >= 15 is 0 Å². The molecule has 1 saturated carbocycles. The molecular weight excluding hydrogens is 168 g/mol. The highest BCUT2D eigenvalue weighted by Crippen LogP contribution is 2.35. The fourth-order valence-corrected chi connectivity index (χ4v) is 1.29. The summed E-state index contributed by atoms with van der Waals surface area (Å²) in [6.45, 7) is 0. The molecule has 0 spiro atoms. The summed E-state index contributed by atoms with van der Waals surface area (Å²) in [6, 6.07) is 4.01. The third-order valence-corrected chi connectivity index (χ3v) is 2.19. The number of phenols is 2. The summed E-state index contributed by atoms with van der Waals surface area (Å²) in [6.07, 6.45) is 1.79. The standard InChI is InChI=1S/C10H10O3/c11-7-3-4-9(12)8(5-7)10(13)6-1-2-6/h3-6,11-12H,1-2H2. The van der Waals surface area contributed by atoms with Crippen molar-refractivity contribution in [2.45, 2.75) is 12.8 Å². The van der Waals surface area contributed by atoms with Gasteiger partial charge in [-0.25, -0.2) is 0 Å². The fraction of sp³-hybridized carbons (Fsp3) is 0.300. The molecule has 0 atom stereocenters. The van der Waals surface area contributed by atoms with Gasteiger partial charge in [-0.05, 0) is 31.0 Å². The van der Waals surface area contributed by atoms with E-state index in [0.717, 1.165) is 12.8 Å².